The predicted octanol–water partition coefficient (Wildman–Crippen LogP) is 13.0. The Bertz CT molecular complexity index is 749. The van der Waals surface area contributed by atoms with Gasteiger partial charge in [0, 0.05) is 19.3 Å². The number of hydrogen-bond donors (Lipinski definition) is 0. The highest BCUT2D eigenvalue weighted by molar-refractivity contribution is 5.71. The molecule has 0 aliphatic carbocycles. The average Bonchev–Trinajstić information content (AvgIpc) is 3.06. The molecular formula is C43H82O6. The number of hydrogen-bond acceptors (Lipinski definition) is 6. The summed E-state index contributed by atoms with van der Waals surface area (Å²) < 4.78 is 16.6. The van der Waals surface area contributed by atoms with Gasteiger partial charge in [0.1, 0.15) is 13.2 Å². The van der Waals surface area contributed by atoms with Gasteiger partial charge in [0.2, 0.25) is 0 Å². The molecule has 0 amide bonds. The number of carbonyl (C=O) groups is 3. The highest BCUT2D eigenvalue weighted by atomic mass is 16.6. The molecule has 0 unspecified atom stereocenters. The minimum Gasteiger partial charge on any atom is -0.462 e. The smallest absolute Gasteiger partial charge is 0.306 e. The number of ether oxygens (including phenoxy) is 3. The Morgan fingerprint density at radius 2 is 0.673 bits per heavy atom. The van der Waals surface area contributed by atoms with E-state index in [9.17, 15) is 14.4 Å². The molecule has 49 heavy (non-hydrogen) atoms. The van der Waals surface area contributed by atoms with Gasteiger partial charge in [-0.3, -0.25) is 14.4 Å². The molecule has 0 aliphatic heterocycles. The van der Waals surface area contributed by atoms with Crippen LogP contribution in [0.3, 0.4) is 0 Å². The second kappa shape index (κ2) is 36.2. The molecule has 0 saturated heterocycles. The standard InChI is InChI=1S/C43H82O6/c1-6-7-8-21-28-33-41(44)47-36-40(49-43(46)35-30-25-20-16-18-23-27-32-39(4)5)37-48-42(45)34-29-24-19-15-13-11-9-10-12-14-17-22-26-31-38(2)3/h38-40H,6-37H2,1-5H3/t40-/m0/s1. The SMILES string of the molecule is CCCCCCCC(=O)OC[C@@H](COC(=O)CCCCCCCCCCCCCCCC(C)C)OC(=O)CCCCCCCCCC(C)C. The van der Waals surface area contributed by atoms with E-state index in [4.69, 9.17) is 14.2 Å². The maximum Gasteiger partial charge on any atom is 0.306 e. The molecule has 6 nitrogen and oxygen atoms in total. The number of carbonyl (C=O) groups excluding carboxylic acids is 3. The van der Waals surface area contributed by atoms with Gasteiger partial charge in [-0.1, -0.05) is 189 Å². The van der Waals surface area contributed by atoms with Crippen LogP contribution < -0.4 is 0 Å². The summed E-state index contributed by atoms with van der Waals surface area (Å²) in [6, 6.07) is 0. The Labute approximate surface area is 304 Å². The van der Waals surface area contributed by atoms with Gasteiger partial charge in [-0.25, -0.2) is 0 Å². The lowest BCUT2D eigenvalue weighted by Gasteiger charge is -2.18. The van der Waals surface area contributed by atoms with Crippen LogP contribution in [0.1, 0.15) is 227 Å². The van der Waals surface area contributed by atoms with Crippen molar-refractivity contribution in [2.24, 2.45) is 11.8 Å². The zero-order chi connectivity index (χ0) is 36.2. The molecule has 0 fully saturated rings. The molecule has 0 rings (SSSR count). The second-order valence-electron chi connectivity index (χ2n) is 15.6. The Morgan fingerprint density at radius 1 is 0.388 bits per heavy atom. The van der Waals surface area contributed by atoms with E-state index in [1.54, 1.807) is 0 Å². The normalized spacial score (nSPS) is 12.1. The van der Waals surface area contributed by atoms with E-state index in [1.165, 1.54) is 109 Å². The van der Waals surface area contributed by atoms with Gasteiger partial charge >= 0.3 is 17.9 Å². The van der Waals surface area contributed by atoms with Crippen LogP contribution in [-0.4, -0.2) is 37.2 Å². The Morgan fingerprint density at radius 3 is 1.00 bits per heavy atom. The largest absolute Gasteiger partial charge is 0.462 e. The van der Waals surface area contributed by atoms with Gasteiger partial charge in [0.05, 0.1) is 0 Å². The van der Waals surface area contributed by atoms with E-state index in [2.05, 4.69) is 34.6 Å². The molecule has 1 atom stereocenters. The van der Waals surface area contributed by atoms with Crippen molar-refractivity contribution in [3.63, 3.8) is 0 Å². The monoisotopic (exact) mass is 695 g/mol. The van der Waals surface area contributed by atoms with Crippen molar-refractivity contribution in [1.29, 1.82) is 0 Å². The van der Waals surface area contributed by atoms with Crippen molar-refractivity contribution in [3.8, 4) is 0 Å². The van der Waals surface area contributed by atoms with Crippen molar-refractivity contribution in [2.45, 2.75) is 233 Å². The van der Waals surface area contributed by atoms with Crippen molar-refractivity contribution < 1.29 is 28.6 Å². The van der Waals surface area contributed by atoms with Crippen molar-refractivity contribution >= 4 is 17.9 Å². The first-order chi connectivity index (χ1) is 23.7. The van der Waals surface area contributed by atoms with E-state index in [1.807, 2.05) is 0 Å². The maximum atomic E-state index is 12.6. The maximum absolute atomic E-state index is 12.6. The van der Waals surface area contributed by atoms with Crippen LogP contribution in [0.25, 0.3) is 0 Å². The van der Waals surface area contributed by atoms with E-state index >= 15 is 0 Å². The third-order valence-corrected chi connectivity index (χ3v) is 9.47. The van der Waals surface area contributed by atoms with Gasteiger partial charge in [-0.2, -0.15) is 0 Å². The number of esters is 3. The lowest BCUT2D eigenvalue weighted by Crippen LogP contribution is -2.30. The summed E-state index contributed by atoms with van der Waals surface area (Å²) in [5.41, 5.74) is 0. The summed E-state index contributed by atoms with van der Waals surface area (Å²) in [6.45, 7) is 11.2. The number of unbranched alkanes of at least 4 members (excludes halogenated alkanes) is 22. The van der Waals surface area contributed by atoms with Crippen LogP contribution in [0.15, 0.2) is 0 Å². The van der Waals surface area contributed by atoms with Gasteiger partial charge in [0.15, 0.2) is 6.10 Å². The highest BCUT2D eigenvalue weighted by Crippen LogP contribution is 2.16. The quantitative estimate of drug-likeness (QED) is 0.0366. The molecule has 0 aromatic carbocycles. The molecule has 0 aliphatic rings. The fraction of sp³-hybridized carbons (Fsp3) is 0.930. The predicted molar refractivity (Wildman–Crippen MR) is 206 cm³/mol. The third-order valence-electron chi connectivity index (χ3n) is 9.47. The van der Waals surface area contributed by atoms with Crippen molar-refractivity contribution in [3.05, 3.63) is 0 Å². The van der Waals surface area contributed by atoms with Gasteiger partial charge in [-0.15, -0.1) is 0 Å². The summed E-state index contributed by atoms with van der Waals surface area (Å²) in [7, 11) is 0. The van der Waals surface area contributed by atoms with E-state index < -0.39 is 6.10 Å². The second-order valence-corrected chi connectivity index (χ2v) is 15.6. The molecule has 0 bridgehead atoms. The van der Waals surface area contributed by atoms with Crippen LogP contribution >= 0.6 is 0 Å². The van der Waals surface area contributed by atoms with Crippen LogP contribution in [0.2, 0.25) is 0 Å². The minimum atomic E-state index is -0.758. The lowest BCUT2D eigenvalue weighted by molar-refractivity contribution is -0.167. The molecule has 0 spiro atoms. The fourth-order valence-electron chi connectivity index (χ4n) is 6.22. The molecule has 0 saturated carbocycles. The molecule has 0 radical (unpaired) electrons. The Balaban J connectivity index is 4.18. The third kappa shape index (κ3) is 37.5. The summed E-state index contributed by atoms with van der Waals surface area (Å²) in [5.74, 6) is 0.740. The van der Waals surface area contributed by atoms with Gasteiger partial charge in [-0.05, 0) is 31.1 Å². The summed E-state index contributed by atoms with van der Waals surface area (Å²) in [5, 5.41) is 0. The summed E-state index contributed by atoms with van der Waals surface area (Å²) >= 11 is 0. The van der Waals surface area contributed by atoms with Gasteiger partial charge < -0.3 is 14.2 Å². The highest BCUT2D eigenvalue weighted by Gasteiger charge is 2.19. The molecule has 0 heterocycles. The average molecular weight is 695 g/mol. The Kier molecular flexibility index (Phi) is 35.0. The van der Waals surface area contributed by atoms with Crippen molar-refractivity contribution in [2.75, 3.05) is 13.2 Å². The van der Waals surface area contributed by atoms with Crippen LogP contribution in [0.5, 0.6) is 0 Å². The molecule has 0 aromatic rings. The molecular weight excluding hydrogens is 612 g/mol. The van der Waals surface area contributed by atoms with Crippen LogP contribution in [-0.2, 0) is 28.6 Å². The first-order valence-corrected chi connectivity index (χ1v) is 21.2. The summed E-state index contributed by atoms with van der Waals surface area (Å²) in [4.78, 5) is 37.3. The summed E-state index contributed by atoms with van der Waals surface area (Å²) in [6.07, 6.45) is 32.7. The first-order valence-electron chi connectivity index (χ1n) is 21.2. The zero-order valence-corrected chi connectivity index (χ0v) is 33.3. The lowest BCUT2D eigenvalue weighted by atomic mass is 10.0. The zero-order valence-electron chi connectivity index (χ0n) is 33.3. The fourth-order valence-corrected chi connectivity index (χ4v) is 6.22. The number of rotatable bonds is 37. The van der Waals surface area contributed by atoms with E-state index in [-0.39, 0.29) is 31.1 Å². The molecule has 0 aromatic heterocycles. The minimum absolute atomic E-state index is 0.0668. The van der Waals surface area contributed by atoms with Crippen LogP contribution in [0, 0.1) is 11.8 Å². The molecule has 290 valence electrons. The topological polar surface area (TPSA) is 78.9 Å². The van der Waals surface area contributed by atoms with E-state index in [0.29, 0.717) is 19.3 Å². The van der Waals surface area contributed by atoms with E-state index in [0.717, 1.165) is 76.0 Å². The molecule has 0 N–H and O–H groups in total. The van der Waals surface area contributed by atoms with Crippen molar-refractivity contribution in [1.82, 2.24) is 0 Å². The first kappa shape index (κ1) is 47.4. The van der Waals surface area contributed by atoms with Crippen LogP contribution in [0.4, 0.5) is 0 Å². The molecule has 6 heteroatoms. The van der Waals surface area contributed by atoms with Gasteiger partial charge in [0.25, 0.3) is 0 Å². The Hall–Kier alpha value is -1.59.